The summed E-state index contributed by atoms with van der Waals surface area (Å²) in [7, 11) is 0. The third-order valence-electron chi connectivity index (χ3n) is 4.64. The van der Waals surface area contributed by atoms with Gasteiger partial charge in [0.2, 0.25) is 0 Å². The molecule has 0 heterocycles. The summed E-state index contributed by atoms with van der Waals surface area (Å²) >= 11 is 4.88. The minimum atomic E-state index is 0.278. The molecule has 0 spiro atoms. The molecule has 0 aromatic heterocycles. The van der Waals surface area contributed by atoms with E-state index in [1.807, 2.05) is 0 Å². The predicted octanol–water partition coefficient (Wildman–Crippen LogP) is 6.40. The van der Waals surface area contributed by atoms with Crippen LogP contribution in [-0.2, 0) is 0 Å². The molecule has 1 heteroatoms. The SMILES string of the molecule is CC1(C)CCCCCCCCCC(C)(S)CCC1. The van der Waals surface area contributed by atoms with E-state index in [2.05, 4.69) is 20.8 Å². The highest BCUT2D eigenvalue weighted by Gasteiger charge is 2.22. The maximum absolute atomic E-state index is 4.88. The summed E-state index contributed by atoms with van der Waals surface area (Å²) in [6, 6.07) is 0. The van der Waals surface area contributed by atoms with Crippen molar-refractivity contribution in [1.29, 1.82) is 0 Å². The molecule has 0 nitrogen and oxygen atoms in total. The number of thiol groups is 1. The smallest absolute Gasteiger partial charge is 0.0101 e. The summed E-state index contributed by atoms with van der Waals surface area (Å²) in [6.07, 6.45) is 16.8. The molecule has 0 radical (unpaired) electrons. The molecule has 108 valence electrons. The fourth-order valence-corrected chi connectivity index (χ4v) is 3.51. The Morgan fingerprint density at radius 2 is 0.944 bits per heavy atom. The molecule has 1 aliphatic carbocycles. The van der Waals surface area contributed by atoms with E-state index in [4.69, 9.17) is 12.6 Å². The summed E-state index contributed by atoms with van der Waals surface area (Å²) in [6.45, 7) is 7.25. The topological polar surface area (TPSA) is 0 Å². The molecule has 1 saturated carbocycles. The minimum absolute atomic E-state index is 0.278. The zero-order valence-electron chi connectivity index (χ0n) is 12.9. The van der Waals surface area contributed by atoms with Gasteiger partial charge in [0.1, 0.15) is 0 Å². The second kappa shape index (κ2) is 7.82. The largest absolute Gasteiger partial charge is 0.173 e. The van der Waals surface area contributed by atoms with E-state index in [-0.39, 0.29) is 4.75 Å². The first kappa shape index (κ1) is 16.4. The van der Waals surface area contributed by atoms with Gasteiger partial charge in [-0.1, -0.05) is 72.1 Å². The average Bonchev–Trinajstić information content (AvgIpc) is 2.25. The second-order valence-corrected chi connectivity index (χ2v) is 8.57. The normalized spacial score (nSPS) is 32.7. The Hall–Kier alpha value is 0.350. The molecular formula is C17H34S. The van der Waals surface area contributed by atoms with E-state index in [1.165, 1.54) is 77.0 Å². The van der Waals surface area contributed by atoms with Gasteiger partial charge in [-0.05, 0) is 31.1 Å². The van der Waals surface area contributed by atoms with Crippen LogP contribution < -0.4 is 0 Å². The van der Waals surface area contributed by atoms with E-state index in [1.54, 1.807) is 0 Å². The van der Waals surface area contributed by atoms with Crippen LogP contribution in [0.2, 0.25) is 0 Å². The fourth-order valence-electron chi connectivity index (χ4n) is 3.19. The van der Waals surface area contributed by atoms with Crippen molar-refractivity contribution >= 4 is 12.6 Å². The Kier molecular flexibility index (Phi) is 7.13. The molecule has 1 fully saturated rings. The van der Waals surface area contributed by atoms with Crippen LogP contribution in [0.25, 0.3) is 0 Å². The highest BCUT2D eigenvalue weighted by molar-refractivity contribution is 7.81. The van der Waals surface area contributed by atoms with E-state index in [0.717, 1.165) is 0 Å². The Morgan fingerprint density at radius 1 is 0.556 bits per heavy atom. The zero-order valence-corrected chi connectivity index (χ0v) is 13.8. The Labute approximate surface area is 121 Å². The lowest BCUT2D eigenvalue weighted by atomic mass is 9.80. The number of rotatable bonds is 0. The van der Waals surface area contributed by atoms with E-state index in [9.17, 15) is 0 Å². The van der Waals surface area contributed by atoms with Crippen molar-refractivity contribution in [2.45, 2.75) is 103 Å². The molecule has 0 aliphatic heterocycles. The van der Waals surface area contributed by atoms with Crippen molar-refractivity contribution in [3.63, 3.8) is 0 Å². The molecular weight excluding hydrogens is 236 g/mol. The molecule has 18 heavy (non-hydrogen) atoms. The van der Waals surface area contributed by atoms with E-state index < -0.39 is 0 Å². The van der Waals surface area contributed by atoms with E-state index in [0.29, 0.717) is 5.41 Å². The molecule has 1 rings (SSSR count). The first-order valence-electron chi connectivity index (χ1n) is 8.14. The van der Waals surface area contributed by atoms with Crippen molar-refractivity contribution in [2.24, 2.45) is 5.41 Å². The van der Waals surface area contributed by atoms with Gasteiger partial charge in [-0.25, -0.2) is 0 Å². The molecule has 0 aromatic rings. The summed E-state index contributed by atoms with van der Waals surface area (Å²) in [5.74, 6) is 0. The standard InChI is InChI=1S/C17H34S/c1-16(2)12-9-7-5-4-6-8-10-14-17(3,18)15-11-13-16/h18H,4-15H2,1-3H3. The van der Waals surface area contributed by atoms with Crippen LogP contribution in [0.5, 0.6) is 0 Å². The Balaban J connectivity index is 2.42. The van der Waals surface area contributed by atoms with E-state index >= 15 is 0 Å². The highest BCUT2D eigenvalue weighted by Crippen LogP contribution is 2.34. The molecule has 0 aromatic carbocycles. The van der Waals surface area contributed by atoms with Gasteiger partial charge in [-0.2, -0.15) is 12.6 Å². The maximum atomic E-state index is 4.88. The van der Waals surface area contributed by atoms with Crippen molar-refractivity contribution in [3.8, 4) is 0 Å². The summed E-state index contributed by atoms with van der Waals surface area (Å²) in [4.78, 5) is 0. The van der Waals surface area contributed by atoms with Gasteiger partial charge >= 0.3 is 0 Å². The van der Waals surface area contributed by atoms with Crippen LogP contribution in [-0.4, -0.2) is 4.75 Å². The molecule has 1 unspecified atom stereocenters. The summed E-state index contributed by atoms with van der Waals surface area (Å²) in [5, 5.41) is 0. The molecule has 1 aliphatic rings. The van der Waals surface area contributed by atoms with Crippen molar-refractivity contribution in [1.82, 2.24) is 0 Å². The van der Waals surface area contributed by atoms with Crippen LogP contribution in [0.3, 0.4) is 0 Å². The van der Waals surface area contributed by atoms with Gasteiger partial charge in [0.05, 0.1) is 0 Å². The lowest BCUT2D eigenvalue weighted by Gasteiger charge is -2.29. The van der Waals surface area contributed by atoms with Gasteiger partial charge in [-0.3, -0.25) is 0 Å². The third kappa shape index (κ3) is 7.71. The van der Waals surface area contributed by atoms with Gasteiger partial charge < -0.3 is 0 Å². The minimum Gasteiger partial charge on any atom is -0.173 e. The molecule has 0 N–H and O–H groups in total. The predicted molar refractivity (Wildman–Crippen MR) is 86.6 cm³/mol. The van der Waals surface area contributed by atoms with Crippen LogP contribution in [0.1, 0.15) is 97.8 Å². The number of hydrogen-bond acceptors (Lipinski definition) is 1. The second-order valence-electron chi connectivity index (χ2n) is 7.49. The lowest BCUT2D eigenvalue weighted by molar-refractivity contribution is 0.276. The Bertz CT molecular complexity index is 196. The monoisotopic (exact) mass is 270 g/mol. The fraction of sp³-hybridized carbons (Fsp3) is 1.00. The van der Waals surface area contributed by atoms with Crippen molar-refractivity contribution in [3.05, 3.63) is 0 Å². The first-order chi connectivity index (χ1) is 8.41. The summed E-state index contributed by atoms with van der Waals surface area (Å²) in [5.41, 5.74) is 0.550. The molecule has 1 atom stereocenters. The summed E-state index contributed by atoms with van der Waals surface area (Å²) < 4.78 is 0.278. The molecule has 0 amide bonds. The van der Waals surface area contributed by atoms with Gasteiger partial charge in [0, 0.05) is 4.75 Å². The van der Waals surface area contributed by atoms with Crippen LogP contribution in [0.4, 0.5) is 0 Å². The van der Waals surface area contributed by atoms with Crippen LogP contribution in [0, 0.1) is 5.41 Å². The van der Waals surface area contributed by atoms with Crippen molar-refractivity contribution < 1.29 is 0 Å². The number of hydrogen-bond donors (Lipinski definition) is 1. The zero-order chi connectivity index (χ0) is 13.5. The van der Waals surface area contributed by atoms with Crippen molar-refractivity contribution in [2.75, 3.05) is 0 Å². The van der Waals surface area contributed by atoms with Crippen LogP contribution >= 0.6 is 12.6 Å². The van der Waals surface area contributed by atoms with Crippen LogP contribution in [0.15, 0.2) is 0 Å². The average molecular weight is 271 g/mol. The quantitative estimate of drug-likeness (QED) is 0.484. The third-order valence-corrected chi connectivity index (χ3v) is 5.09. The van der Waals surface area contributed by atoms with Gasteiger partial charge in [0.25, 0.3) is 0 Å². The Morgan fingerprint density at radius 3 is 1.56 bits per heavy atom. The lowest BCUT2D eigenvalue weighted by Crippen LogP contribution is -2.19. The maximum Gasteiger partial charge on any atom is 0.0101 e. The highest BCUT2D eigenvalue weighted by atomic mass is 32.1. The molecule has 0 bridgehead atoms. The van der Waals surface area contributed by atoms with Gasteiger partial charge in [-0.15, -0.1) is 0 Å². The van der Waals surface area contributed by atoms with Gasteiger partial charge in [0.15, 0.2) is 0 Å². The first-order valence-corrected chi connectivity index (χ1v) is 8.59. The molecule has 0 saturated heterocycles.